The van der Waals surface area contributed by atoms with E-state index in [1.165, 1.54) is 8.61 Å². The van der Waals surface area contributed by atoms with Crippen molar-refractivity contribution in [2.45, 2.75) is 43.0 Å². The standard InChI is InChI=1S/C30H40N4O4S2/c1-25-9-13-29(14-10-25)39(35,36)33-20-6-18-32(24-28-8-5-17-31(28)4)19-7-21-34(23-27(3)22-33)40(37,38)30-15-11-26(2)12-16-30/h5,8-17H,3,6-7,18-24H2,1-2,4H3. The minimum Gasteiger partial charge on any atom is -0.353 e. The van der Waals surface area contributed by atoms with Crippen LogP contribution < -0.4 is 0 Å². The Morgan fingerprint density at radius 3 is 1.55 bits per heavy atom. The fourth-order valence-corrected chi connectivity index (χ4v) is 7.94. The van der Waals surface area contributed by atoms with Gasteiger partial charge in [-0.3, -0.25) is 4.90 Å². The van der Waals surface area contributed by atoms with E-state index in [-0.39, 0.29) is 22.9 Å². The van der Waals surface area contributed by atoms with Crippen molar-refractivity contribution in [3.05, 3.63) is 95.8 Å². The third-order valence-electron chi connectivity index (χ3n) is 7.32. The lowest BCUT2D eigenvalue weighted by molar-refractivity contribution is 0.234. The lowest BCUT2D eigenvalue weighted by Gasteiger charge is -2.30. The minimum absolute atomic E-state index is 0.0495. The van der Waals surface area contributed by atoms with Crippen molar-refractivity contribution in [2.75, 3.05) is 39.3 Å². The van der Waals surface area contributed by atoms with E-state index in [4.69, 9.17) is 0 Å². The molecule has 2 heterocycles. The van der Waals surface area contributed by atoms with Crippen molar-refractivity contribution in [3.63, 3.8) is 0 Å². The molecule has 4 rings (SSSR count). The number of aryl methyl sites for hydroxylation is 3. The molecule has 40 heavy (non-hydrogen) atoms. The van der Waals surface area contributed by atoms with Crippen LogP contribution in [0, 0.1) is 13.8 Å². The Morgan fingerprint density at radius 2 is 1.15 bits per heavy atom. The first-order valence-electron chi connectivity index (χ1n) is 13.6. The van der Waals surface area contributed by atoms with Gasteiger partial charge in [-0.15, -0.1) is 0 Å². The quantitative estimate of drug-likeness (QED) is 0.406. The molecule has 2 aromatic carbocycles. The molecule has 0 unspecified atom stereocenters. The highest BCUT2D eigenvalue weighted by molar-refractivity contribution is 7.89. The predicted molar refractivity (Wildman–Crippen MR) is 159 cm³/mol. The average molecular weight is 585 g/mol. The topological polar surface area (TPSA) is 82.9 Å². The highest BCUT2D eigenvalue weighted by atomic mass is 32.2. The zero-order valence-electron chi connectivity index (χ0n) is 23.7. The summed E-state index contributed by atoms with van der Waals surface area (Å²) in [6.07, 6.45) is 3.30. The van der Waals surface area contributed by atoms with Crippen LogP contribution in [0.15, 0.2) is 88.8 Å². The Hall–Kier alpha value is -2.76. The van der Waals surface area contributed by atoms with E-state index in [1.807, 2.05) is 33.2 Å². The molecule has 0 bridgehead atoms. The van der Waals surface area contributed by atoms with Crippen LogP contribution in [-0.2, 0) is 33.6 Å². The Bertz CT molecular complexity index is 1420. The van der Waals surface area contributed by atoms with Gasteiger partial charge in [-0.2, -0.15) is 8.61 Å². The predicted octanol–water partition coefficient (Wildman–Crippen LogP) is 4.18. The van der Waals surface area contributed by atoms with Gasteiger partial charge in [-0.05, 0) is 81.7 Å². The smallest absolute Gasteiger partial charge is 0.243 e. The van der Waals surface area contributed by atoms with Gasteiger partial charge in [0.15, 0.2) is 0 Å². The van der Waals surface area contributed by atoms with Gasteiger partial charge in [0.1, 0.15) is 0 Å². The normalized spacial score (nSPS) is 17.8. The highest BCUT2D eigenvalue weighted by Gasteiger charge is 2.29. The molecular weight excluding hydrogens is 544 g/mol. The number of aromatic nitrogens is 1. The van der Waals surface area contributed by atoms with Gasteiger partial charge in [0.25, 0.3) is 0 Å². The fraction of sp³-hybridized carbons (Fsp3) is 0.400. The van der Waals surface area contributed by atoms with E-state index < -0.39 is 20.0 Å². The van der Waals surface area contributed by atoms with Gasteiger partial charge in [-0.1, -0.05) is 42.0 Å². The number of benzene rings is 2. The van der Waals surface area contributed by atoms with Gasteiger partial charge >= 0.3 is 0 Å². The first kappa shape index (κ1) is 30.2. The Balaban J connectivity index is 1.64. The van der Waals surface area contributed by atoms with Gasteiger partial charge in [0.2, 0.25) is 20.0 Å². The lowest BCUT2D eigenvalue weighted by atomic mass is 10.2. The van der Waals surface area contributed by atoms with Gasteiger partial charge < -0.3 is 4.57 Å². The van der Waals surface area contributed by atoms with Crippen molar-refractivity contribution < 1.29 is 16.8 Å². The van der Waals surface area contributed by atoms with Crippen LogP contribution >= 0.6 is 0 Å². The maximum Gasteiger partial charge on any atom is 0.243 e. The monoisotopic (exact) mass is 584 g/mol. The van der Waals surface area contributed by atoms with E-state index in [1.54, 1.807) is 48.5 Å². The van der Waals surface area contributed by atoms with Gasteiger partial charge in [0, 0.05) is 51.7 Å². The molecule has 10 heteroatoms. The molecule has 0 radical (unpaired) electrons. The molecule has 0 aliphatic carbocycles. The minimum atomic E-state index is -3.80. The molecule has 1 aliphatic heterocycles. The van der Waals surface area contributed by atoms with Crippen molar-refractivity contribution in [1.82, 2.24) is 18.1 Å². The molecule has 1 aliphatic rings. The second kappa shape index (κ2) is 12.8. The third-order valence-corrected chi connectivity index (χ3v) is 11.0. The summed E-state index contributed by atoms with van der Waals surface area (Å²) >= 11 is 0. The van der Waals surface area contributed by atoms with Crippen LogP contribution in [0.3, 0.4) is 0 Å². The van der Waals surface area contributed by atoms with E-state index in [9.17, 15) is 16.8 Å². The van der Waals surface area contributed by atoms with Crippen LogP contribution in [0.5, 0.6) is 0 Å². The number of hydrogen-bond acceptors (Lipinski definition) is 5. The summed E-state index contributed by atoms with van der Waals surface area (Å²) in [6.45, 7) is 10.7. The molecule has 1 fully saturated rings. The molecule has 0 amide bonds. The molecule has 0 spiro atoms. The Morgan fingerprint density at radius 1 is 0.700 bits per heavy atom. The van der Waals surface area contributed by atoms with E-state index in [0.717, 1.165) is 16.8 Å². The molecule has 0 saturated carbocycles. The molecule has 0 N–H and O–H groups in total. The molecule has 8 nitrogen and oxygen atoms in total. The fourth-order valence-electron chi connectivity index (χ4n) is 4.94. The van der Waals surface area contributed by atoms with Crippen molar-refractivity contribution >= 4 is 20.0 Å². The number of sulfonamides is 2. The SMILES string of the molecule is C=C1CN(S(=O)(=O)c2ccc(C)cc2)CCCN(Cc2cccn2C)CCCN(S(=O)(=O)c2ccc(C)cc2)C1. The van der Waals surface area contributed by atoms with Crippen molar-refractivity contribution in [2.24, 2.45) is 7.05 Å². The second-order valence-electron chi connectivity index (χ2n) is 10.6. The molecular formula is C30H40N4O4S2. The summed E-state index contributed by atoms with van der Waals surface area (Å²) in [6, 6.07) is 17.7. The molecule has 216 valence electrons. The second-order valence-corrected chi connectivity index (χ2v) is 14.5. The molecule has 3 aromatic rings. The lowest BCUT2D eigenvalue weighted by Crippen LogP contribution is -2.41. The van der Waals surface area contributed by atoms with E-state index in [2.05, 4.69) is 22.1 Å². The zero-order chi connectivity index (χ0) is 28.9. The maximum absolute atomic E-state index is 13.7. The maximum atomic E-state index is 13.7. The van der Waals surface area contributed by atoms with Gasteiger partial charge in [-0.25, -0.2) is 16.8 Å². The number of hydrogen-bond donors (Lipinski definition) is 0. The zero-order valence-corrected chi connectivity index (χ0v) is 25.3. The van der Waals surface area contributed by atoms with Crippen LogP contribution in [0.25, 0.3) is 0 Å². The molecule has 0 atom stereocenters. The summed E-state index contributed by atoms with van der Waals surface area (Å²) in [7, 11) is -5.60. The largest absolute Gasteiger partial charge is 0.353 e. The van der Waals surface area contributed by atoms with E-state index >= 15 is 0 Å². The van der Waals surface area contributed by atoms with Crippen molar-refractivity contribution in [3.8, 4) is 0 Å². The van der Waals surface area contributed by atoms with E-state index in [0.29, 0.717) is 51.1 Å². The van der Waals surface area contributed by atoms with Crippen LogP contribution in [0.1, 0.15) is 29.7 Å². The van der Waals surface area contributed by atoms with Crippen LogP contribution in [0.2, 0.25) is 0 Å². The van der Waals surface area contributed by atoms with Crippen molar-refractivity contribution in [1.29, 1.82) is 0 Å². The first-order chi connectivity index (χ1) is 19.0. The summed E-state index contributed by atoms with van der Waals surface area (Å²) in [5.41, 5.74) is 3.64. The molecule has 1 saturated heterocycles. The summed E-state index contributed by atoms with van der Waals surface area (Å²) < 4.78 is 59.8. The van der Waals surface area contributed by atoms with Crippen LogP contribution in [0.4, 0.5) is 0 Å². The average Bonchev–Trinajstić information content (AvgIpc) is 3.31. The number of rotatable bonds is 6. The van der Waals surface area contributed by atoms with Crippen LogP contribution in [-0.4, -0.2) is 74.2 Å². The number of nitrogens with zero attached hydrogens (tertiary/aromatic N) is 4. The Labute approximate surface area is 239 Å². The Kier molecular flexibility index (Phi) is 9.68. The molecule has 1 aromatic heterocycles. The summed E-state index contributed by atoms with van der Waals surface area (Å²) in [5, 5.41) is 0. The summed E-state index contributed by atoms with van der Waals surface area (Å²) in [4.78, 5) is 2.73. The third kappa shape index (κ3) is 7.30. The first-order valence-corrected chi connectivity index (χ1v) is 16.5. The summed E-state index contributed by atoms with van der Waals surface area (Å²) in [5.74, 6) is 0. The van der Waals surface area contributed by atoms with Gasteiger partial charge in [0.05, 0.1) is 9.79 Å². The highest BCUT2D eigenvalue weighted by Crippen LogP contribution is 2.22.